The van der Waals surface area contributed by atoms with Crippen molar-refractivity contribution >= 4 is 11.9 Å². The quantitative estimate of drug-likeness (QED) is 0.154. The maximum Gasteiger partial charge on any atom is 0.337 e. The largest absolute Gasteiger partial charge is 0.467 e. The third-order valence-electron chi connectivity index (χ3n) is 2.63. The molecule has 0 radical (unpaired) electrons. The van der Waals surface area contributed by atoms with E-state index in [0.29, 0.717) is 19.6 Å². The summed E-state index contributed by atoms with van der Waals surface area (Å²) in [6.45, 7) is 1.56. The van der Waals surface area contributed by atoms with Gasteiger partial charge in [-0.1, -0.05) is 0 Å². The number of carbonyl (C=O) groups is 2. The van der Waals surface area contributed by atoms with Gasteiger partial charge in [0.15, 0.2) is 12.2 Å². The summed E-state index contributed by atoms with van der Waals surface area (Å²) in [7, 11) is 0.974. The van der Waals surface area contributed by atoms with Gasteiger partial charge < -0.3 is 41.5 Å². The Labute approximate surface area is 121 Å². The Kier molecular flexibility index (Phi) is 9.78. The van der Waals surface area contributed by atoms with Crippen LogP contribution in [0.25, 0.3) is 0 Å². The van der Waals surface area contributed by atoms with Crippen LogP contribution in [0.1, 0.15) is 0 Å². The van der Waals surface area contributed by atoms with Gasteiger partial charge in [-0.25, -0.2) is 4.79 Å². The van der Waals surface area contributed by atoms with Gasteiger partial charge in [0.05, 0.1) is 7.11 Å². The van der Waals surface area contributed by atoms with Gasteiger partial charge in [0, 0.05) is 26.2 Å². The van der Waals surface area contributed by atoms with Crippen LogP contribution in [0.2, 0.25) is 0 Å². The summed E-state index contributed by atoms with van der Waals surface area (Å²) < 4.78 is 4.17. The lowest BCUT2D eigenvalue weighted by Gasteiger charge is -2.24. The molecule has 10 nitrogen and oxygen atoms in total. The van der Waals surface area contributed by atoms with Crippen LogP contribution in [0.5, 0.6) is 0 Å². The Balaban J connectivity index is 4.25. The van der Waals surface area contributed by atoms with Gasteiger partial charge in [-0.2, -0.15) is 0 Å². The monoisotopic (exact) mass is 309 g/mol. The van der Waals surface area contributed by atoms with Crippen molar-refractivity contribution in [2.75, 3.05) is 33.3 Å². The van der Waals surface area contributed by atoms with Gasteiger partial charge >= 0.3 is 5.97 Å². The van der Waals surface area contributed by atoms with Crippen molar-refractivity contribution in [2.45, 2.75) is 24.4 Å². The minimum Gasteiger partial charge on any atom is -0.467 e. The zero-order valence-electron chi connectivity index (χ0n) is 11.7. The number of nitrogens with two attached hydrogens (primary N) is 1. The van der Waals surface area contributed by atoms with Crippen LogP contribution >= 0.6 is 0 Å². The van der Waals surface area contributed by atoms with E-state index in [1.54, 1.807) is 0 Å². The highest BCUT2D eigenvalue weighted by molar-refractivity contribution is 5.81. The van der Waals surface area contributed by atoms with Crippen molar-refractivity contribution in [3.8, 4) is 0 Å². The predicted octanol–water partition coefficient (Wildman–Crippen LogP) is -4.73. The van der Waals surface area contributed by atoms with E-state index in [1.165, 1.54) is 0 Å². The van der Waals surface area contributed by atoms with Crippen LogP contribution in [0, 0.1) is 0 Å². The minimum atomic E-state index is -2.07. The molecule has 0 spiro atoms. The molecule has 124 valence electrons. The fraction of sp³-hybridized carbons (Fsp3) is 0.818. The van der Waals surface area contributed by atoms with Gasteiger partial charge in [-0.3, -0.25) is 4.79 Å². The lowest BCUT2D eigenvalue weighted by Crippen LogP contribution is -2.53. The highest BCUT2D eigenvalue weighted by atomic mass is 16.5. The molecule has 21 heavy (non-hydrogen) atoms. The summed E-state index contributed by atoms with van der Waals surface area (Å²) in [6.07, 6.45) is -8.18. The van der Waals surface area contributed by atoms with Gasteiger partial charge in [-0.15, -0.1) is 0 Å². The fourth-order valence-corrected chi connectivity index (χ4v) is 1.39. The molecular weight excluding hydrogens is 286 g/mol. The number of hydrogen-bond donors (Lipinski definition) is 7. The summed E-state index contributed by atoms with van der Waals surface area (Å²) in [4.78, 5) is 22.5. The number of nitrogens with one attached hydrogen (secondary N) is 2. The molecule has 4 atom stereocenters. The normalized spacial score (nSPS) is 16.7. The topological polar surface area (TPSA) is 174 Å². The summed E-state index contributed by atoms with van der Waals surface area (Å²) in [6, 6.07) is 0. The summed E-state index contributed by atoms with van der Waals surface area (Å²) in [5.74, 6) is -2.15. The van der Waals surface area contributed by atoms with Crippen molar-refractivity contribution in [3.63, 3.8) is 0 Å². The minimum absolute atomic E-state index is 0.165. The maximum atomic E-state index is 11.5. The number of rotatable bonds is 10. The molecule has 0 aliphatic rings. The molecular formula is C11H23N3O7. The molecule has 0 heterocycles. The highest BCUT2D eigenvalue weighted by Gasteiger charge is 2.37. The second kappa shape index (κ2) is 10.4. The number of carbonyl (C=O) groups excluding carboxylic acids is 2. The molecule has 10 heteroatoms. The summed E-state index contributed by atoms with van der Waals surface area (Å²) >= 11 is 0. The molecule has 0 aromatic carbocycles. The molecule has 0 fully saturated rings. The number of hydrogen-bond acceptors (Lipinski definition) is 9. The summed E-state index contributed by atoms with van der Waals surface area (Å²) in [5.41, 5.74) is 5.24. The Morgan fingerprint density at radius 2 is 1.62 bits per heavy atom. The molecule has 0 unspecified atom stereocenters. The molecule has 8 N–H and O–H groups in total. The first kappa shape index (κ1) is 19.7. The van der Waals surface area contributed by atoms with Crippen molar-refractivity contribution in [3.05, 3.63) is 0 Å². The SMILES string of the molecule is COC(=O)[C@H](O)[C@H](O)[C@H](O)[C@H](O)C(=O)NCCNCCN. The average Bonchev–Trinajstić information content (AvgIpc) is 2.50. The number of aliphatic hydroxyl groups excluding tert-OH is 4. The van der Waals surface area contributed by atoms with Crippen LogP contribution in [0.3, 0.4) is 0 Å². The molecule has 0 saturated carbocycles. The molecule has 0 aliphatic heterocycles. The van der Waals surface area contributed by atoms with E-state index in [2.05, 4.69) is 15.4 Å². The first-order valence-electron chi connectivity index (χ1n) is 6.35. The molecule has 0 aliphatic carbocycles. The van der Waals surface area contributed by atoms with Crippen LogP contribution < -0.4 is 16.4 Å². The third kappa shape index (κ3) is 6.80. The Bertz CT molecular complexity index is 329. The zero-order chi connectivity index (χ0) is 16.4. The van der Waals surface area contributed by atoms with Gasteiger partial charge in [0.2, 0.25) is 0 Å². The number of ether oxygens (including phenoxy) is 1. The first-order chi connectivity index (χ1) is 9.86. The van der Waals surface area contributed by atoms with E-state index in [1.807, 2.05) is 0 Å². The lowest BCUT2D eigenvalue weighted by atomic mass is 10.0. The van der Waals surface area contributed by atoms with Gasteiger partial charge in [0.1, 0.15) is 12.2 Å². The summed E-state index contributed by atoms with van der Waals surface area (Å²) in [5, 5.41) is 43.1. The highest BCUT2D eigenvalue weighted by Crippen LogP contribution is 2.06. The maximum absolute atomic E-state index is 11.5. The van der Waals surface area contributed by atoms with E-state index >= 15 is 0 Å². The van der Waals surface area contributed by atoms with Crippen molar-refractivity contribution < 1.29 is 34.8 Å². The lowest BCUT2D eigenvalue weighted by molar-refractivity contribution is -0.169. The number of aliphatic hydroxyl groups is 4. The Morgan fingerprint density at radius 1 is 1.05 bits per heavy atom. The standard InChI is InChI=1S/C11H23N3O7/c1-21-11(20)9(18)7(16)6(15)8(17)10(19)14-5-4-13-3-2-12/h6-9,13,15-18H,2-5,12H2,1H3,(H,14,19)/t6-,7+,8-,9+/m0/s1. The number of esters is 1. The van der Waals surface area contributed by atoms with Crippen molar-refractivity contribution in [1.29, 1.82) is 0 Å². The molecule has 0 rings (SSSR count). The average molecular weight is 309 g/mol. The molecule has 1 amide bonds. The van der Waals surface area contributed by atoms with Crippen molar-refractivity contribution in [2.24, 2.45) is 5.73 Å². The fourth-order valence-electron chi connectivity index (χ4n) is 1.39. The zero-order valence-corrected chi connectivity index (χ0v) is 11.7. The number of methoxy groups -OCH3 is 1. The molecule has 0 bridgehead atoms. The van der Waals surface area contributed by atoms with Gasteiger partial charge in [0.25, 0.3) is 5.91 Å². The van der Waals surface area contributed by atoms with Crippen LogP contribution in [0.4, 0.5) is 0 Å². The number of amides is 1. The predicted molar refractivity (Wildman–Crippen MR) is 71.0 cm³/mol. The van der Waals surface area contributed by atoms with E-state index in [-0.39, 0.29) is 6.54 Å². The Morgan fingerprint density at radius 3 is 2.14 bits per heavy atom. The molecule has 0 saturated heterocycles. The first-order valence-corrected chi connectivity index (χ1v) is 6.35. The smallest absolute Gasteiger partial charge is 0.337 e. The van der Waals surface area contributed by atoms with E-state index in [0.717, 1.165) is 7.11 Å². The van der Waals surface area contributed by atoms with E-state index in [9.17, 15) is 30.0 Å². The van der Waals surface area contributed by atoms with Crippen LogP contribution in [0.15, 0.2) is 0 Å². The second-order valence-corrected chi connectivity index (χ2v) is 4.22. The van der Waals surface area contributed by atoms with Crippen LogP contribution in [-0.4, -0.2) is 90.0 Å². The Hall–Kier alpha value is -1.30. The van der Waals surface area contributed by atoms with Gasteiger partial charge in [-0.05, 0) is 0 Å². The molecule has 0 aromatic rings. The van der Waals surface area contributed by atoms with E-state index in [4.69, 9.17) is 5.73 Å². The molecule has 0 aromatic heterocycles. The third-order valence-corrected chi connectivity index (χ3v) is 2.63. The van der Waals surface area contributed by atoms with Crippen LogP contribution in [-0.2, 0) is 14.3 Å². The van der Waals surface area contributed by atoms with E-state index < -0.39 is 36.3 Å². The second-order valence-electron chi connectivity index (χ2n) is 4.22. The van der Waals surface area contributed by atoms with Crippen molar-refractivity contribution in [1.82, 2.24) is 10.6 Å².